The van der Waals surface area contributed by atoms with Crippen molar-refractivity contribution < 1.29 is 9.53 Å². The standard InChI is InChI=1S/C19H23N3O2S/c1-10-3-6-15(24-2)13(7-10)14-9-25-19(21-14)22-18(23)16-11-4-5-12(8-11)17(16)20/h3,6-7,9,11-12,16-17H,4-5,8,20H2,1-2H3,(H,21,22,23). The SMILES string of the molecule is COc1ccc(C)cc1-c1csc(NC(=O)C2C3CCC(C3)C2N)n1. The van der Waals surface area contributed by atoms with E-state index < -0.39 is 0 Å². The van der Waals surface area contributed by atoms with Crippen molar-refractivity contribution >= 4 is 22.4 Å². The van der Waals surface area contributed by atoms with Crippen LogP contribution in [0.1, 0.15) is 24.8 Å². The molecule has 0 radical (unpaired) electrons. The minimum atomic E-state index is -0.0698. The summed E-state index contributed by atoms with van der Waals surface area (Å²) in [6, 6.07) is 5.99. The number of rotatable bonds is 4. The third kappa shape index (κ3) is 2.93. The predicted molar refractivity (Wildman–Crippen MR) is 99.8 cm³/mol. The number of benzene rings is 1. The first kappa shape index (κ1) is 16.5. The lowest BCUT2D eigenvalue weighted by Gasteiger charge is -2.26. The number of aryl methyl sites for hydroxylation is 1. The Hall–Kier alpha value is -1.92. The summed E-state index contributed by atoms with van der Waals surface area (Å²) in [6.45, 7) is 2.04. The lowest BCUT2D eigenvalue weighted by Crippen LogP contribution is -2.42. The number of methoxy groups -OCH3 is 1. The lowest BCUT2D eigenvalue weighted by atomic mass is 9.84. The van der Waals surface area contributed by atoms with Gasteiger partial charge < -0.3 is 15.8 Å². The molecular weight excluding hydrogens is 334 g/mol. The average Bonchev–Trinajstić information content (AvgIpc) is 3.30. The van der Waals surface area contributed by atoms with E-state index in [9.17, 15) is 4.79 Å². The number of hydrogen-bond acceptors (Lipinski definition) is 5. The zero-order valence-corrected chi connectivity index (χ0v) is 15.3. The minimum absolute atomic E-state index is 0.00458. The normalized spacial score (nSPS) is 27.5. The molecule has 132 valence electrons. The van der Waals surface area contributed by atoms with Crippen molar-refractivity contribution in [3.8, 4) is 17.0 Å². The van der Waals surface area contributed by atoms with Crippen molar-refractivity contribution in [1.29, 1.82) is 0 Å². The zero-order valence-electron chi connectivity index (χ0n) is 14.5. The van der Waals surface area contributed by atoms with Gasteiger partial charge in [0.2, 0.25) is 5.91 Å². The van der Waals surface area contributed by atoms with Crippen LogP contribution in [0.15, 0.2) is 23.6 Å². The minimum Gasteiger partial charge on any atom is -0.496 e. The smallest absolute Gasteiger partial charge is 0.231 e. The van der Waals surface area contributed by atoms with Gasteiger partial charge in [-0.2, -0.15) is 0 Å². The second kappa shape index (κ2) is 6.42. The molecule has 0 saturated heterocycles. The topological polar surface area (TPSA) is 77.2 Å². The maximum Gasteiger partial charge on any atom is 0.231 e. The predicted octanol–water partition coefficient (Wildman–Crippen LogP) is 3.44. The molecule has 6 heteroatoms. The fourth-order valence-corrected chi connectivity index (χ4v) is 5.10. The summed E-state index contributed by atoms with van der Waals surface area (Å²) in [4.78, 5) is 17.3. The number of ether oxygens (including phenoxy) is 1. The Kier molecular flexibility index (Phi) is 4.25. The molecule has 4 unspecified atom stereocenters. The molecule has 0 spiro atoms. The van der Waals surface area contributed by atoms with Crippen molar-refractivity contribution in [2.75, 3.05) is 12.4 Å². The van der Waals surface area contributed by atoms with Gasteiger partial charge in [-0.15, -0.1) is 11.3 Å². The molecule has 2 bridgehead atoms. The third-order valence-corrected chi connectivity index (χ3v) is 6.41. The van der Waals surface area contributed by atoms with Crippen LogP contribution in [0.5, 0.6) is 5.75 Å². The van der Waals surface area contributed by atoms with Gasteiger partial charge in [0.25, 0.3) is 0 Å². The number of aromatic nitrogens is 1. The number of anilines is 1. The molecule has 5 nitrogen and oxygen atoms in total. The quantitative estimate of drug-likeness (QED) is 0.879. The van der Waals surface area contributed by atoms with Crippen LogP contribution in [0.25, 0.3) is 11.3 Å². The van der Waals surface area contributed by atoms with E-state index in [4.69, 9.17) is 10.5 Å². The van der Waals surface area contributed by atoms with Gasteiger partial charge in [0, 0.05) is 17.0 Å². The molecule has 1 aromatic carbocycles. The van der Waals surface area contributed by atoms with Crippen molar-refractivity contribution in [2.45, 2.75) is 32.2 Å². The molecule has 1 aromatic heterocycles. The second-order valence-corrected chi connectivity index (χ2v) is 8.03. The van der Waals surface area contributed by atoms with Crippen LogP contribution >= 0.6 is 11.3 Å². The number of nitrogens with two attached hydrogens (primary N) is 1. The molecule has 1 amide bonds. The van der Waals surface area contributed by atoms with Crippen molar-refractivity contribution in [2.24, 2.45) is 23.5 Å². The highest BCUT2D eigenvalue weighted by Gasteiger charge is 2.49. The zero-order chi connectivity index (χ0) is 17.6. The molecule has 2 aromatic rings. The third-order valence-electron chi connectivity index (χ3n) is 5.65. The summed E-state index contributed by atoms with van der Waals surface area (Å²) in [5.41, 5.74) is 9.17. The molecule has 2 fully saturated rings. The summed E-state index contributed by atoms with van der Waals surface area (Å²) in [7, 11) is 1.65. The van der Waals surface area contributed by atoms with Crippen LogP contribution in [0.4, 0.5) is 5.13 Å². The van der Waals surface area contributed by atoms with Gasteiger partial charge in [0.05, 0.1) is 18.7 Å². The van der Waals surface area contributed by atoms with Crippen molar-refractivity contribution in [3.63, 3.8) is 0 Å². The molecule has 25 heavy (non-hydrogen) atoms. The van der Waals surface area contributed by atoms with E-state index >= 15 is 0 Å². The van der Waals surface area contributed by atoms with E-state index in [0.29, 0.717) is 17.0 Å². The Balaban J connectivity index is 1.52. The number of thiazole rings is 1. The summed E-state index contributed by atoms with van der Waals surface area (Å²) in [5, 5.41) is 5.56. The van der Waals surface area contributed by atoms with Gasteiger partial charge in [-0.3, -0.25) is 4.79 Å². The van der Waals surface area contributed by atoms with Gasteiger partial charge in [-0.1, -0.05) is 11.6 Å². The van der Waals surface area contributed by atoms with Crippen molar-refractivity contribution in [1.82, 2.24) is 4.98 Å². The van der Waals surface area contributed by atoms with Gasteiger partial charge in [0.1, 0.15) is 5.75 Å². The number of fused-ring (bicyclic) bond motifs is 2. The van der Waals surface area contributed by atoms with Crippen molar-refractivity contribution in [3.05, 3.63) is 29.1 Å². The molecule has 2 aliphatic rings. The van der Waals surface area contributed by atoms with Crippen LogP contribution in [-0.4, -0.2) is 24.0 Å². The Morgan fingerprint density at radius 1 is 1.36 bits per heavy atom. The fraction of sp³-hybridized carbons (Fsp3) is 0.474. The number of nitrogens with one attached hydrogen (secondary N) is 1. The van der Waals surface area contributed by atoms with E-state index in [2.05, 4.69) is 10.3 Å². The fourth-order valence-electron chi connectivity index (χ4n) is 4.39. The molecule has 4 rings (SSSR count). The summed E-state index contributed by atoms with van der Waals surface area (Å²) in [6.07, 6.45) is 3.40. The molecular formula is C19H23N3O2S. The molecule has 1 heterocycles. The number of carbonyl (C=O) groups is 1. The highest BCUT2D eigenvalue weighted by Crippen LogP contribution is 2.48. The highest BCUT2D eigenvalue weighted by atomic mass is 32.1. The molecule has 2 aliphatic carbocycles. The first-order valence-electron chi connectivity index (χ1n) is 8.74. The Bertz CT molecular complexity index is 802. The van der Waals surface area contributed by atoms with Gasteiger partial charge >= 0.3 is 0 Å². The van der Waals surface area contributed by atoms with Crippen LogP contribution in [0.3, 0.4) is 0 Å². The number of nitrogens with zero attached hydrogens (tertiary/aromatic N) is 1. The molecule has 0 aliphatic heterocycles. The van der Waals surface area contributed by atoms with Crippen LogP contribution in [0.2, 0.25) is 0 Å². The Morgan fingerprint density at radius 2 is 2.16 bits per heavy atom. The Morgan fingerprint density at radius 3 is 2.88 bits per heavy atom. The average molecular weight is 357 g/mol. The maximum atomic E-state index is 12.7. The number of amides is 1. The van der Waals surface area contributed by atoms with E-state index in [1.807, 2.05) is 30.5 Å². The van der Waals surface area contributed by atoms with E-state index in [1.54, 1.807) is 7.11 Å². The molecule has 2 saturated carbocycles. The first-order chi connectivity index (χ1) is 12.1. The number of carbonyl (C=O) groups excluding carboxylic acids is 1. The van der Waals surface area contributed by atoms with Crippen LogP contribution < -0.4 is 15.8 Å². The number of hydrogen-bond donors (Lipinski definition) is 2. The van der Waals surface area contributed by atoms with Crippen LogP contribution in [0, 0.1) is 24.7 Å². The van der Waals surface area contributed by atoms with Crippen LogP contribution in [-0.2, 0) is 4.79 Å². The van der Waals surface area contributed by atoms with Gasteiger partial charge in [0.15, 0.2) is 5.13 Å². The monoisotopic (exact) mass is 357 g/mol. The maximum absolute atomic E-state index is 12.7. The van der Waals surface area contributed by atoms with Gasteiger partial charge in [-0.25, -0.2) is 4.98 Å². The van der Waals surface area contributed by atoms with E-state index in [1.165, 1.54) is 17.8 Å². The van der Waals surface area contributed by atoms with E-state index in [0.717, 1.165) is 35.4 Å². The van der Waals surface area contributed by atoms with E-state index in [-0.39, 0.29) is 17.9 Å². The lowest BCUT2D eigenvalue weighted by molar-refractivity contribution is -0.121. The summed E-state index contributed by atoms with van der Waals surface area (Å²) >= 11 is 1.44. The summed E-state index contributed by atoms with van der Waals surface area (Å²) < 4.78 is 5.43. The summed E-state index contributed by atoms with van der Waals surface area (Å²) in [5.74, 6) is 1.70. The van der Waals surface area contributed by atoms with Gasteiger partial charge in [-0.05, 0) is 50.2 Å². The molecule has 4 atom stereocenters. The highest BCUT2D eigenvalue weighted by molar-refractivity contribution is 7.14. The second-order valence-electron chi connectivity index (χ2n) is 7.17. The molecule has 3 N–H and O–H groups in total. The Labute approximate surface area is 151 Å². The largest absolute Gasteiger partial charge is 0.496 e. The first-order valence-corrected chi connectivity index (χ1v) is 9.61.